The van der Waals surface area contributed by atoms with E-state index in [0.29, 0.717) is 6.04 Å². The van der Waals surface area contributed by atoms with E-state index in [4.69, 9.17) is 0 Å². The number of allylic oxidation sites excluding steroid dienone is 2. The van der Waals surface area contributed by atoms with Gasteiger partial charge in [-0.1, -0.05) is 6.08 Å². The lowest BCUT2D eigenvalue weighted by Gasteiger charge is -2.29. The van der Waals surface area contributed by atoms with Crippen molar-refractivity contribution in [1.29, 1.82) is 0 Å². The zero-order valence-electron chi connectivity index (χ0n) is 14.8. The number of rotatable bonds is 4. The smallest absolute Gasteiger partial charge is 0.123 e. The van der Waals surface area contributed by atoms with Gasteiger partial charge in [-0.05, 0) is 68.8 Å². The van der Waals surface area contributed by atoms with E-state index in [-0.39, 0.29) is 11.9 Å². The van der Waals surface area contributed by atoms with Crippen LogP contribution < -0.4 is 16.0 Å². The highest BCUT2D eigenvalue weighted by molar-refractivity contribution is 5.84. The van der Waals surface area contributed by atoms with E-state index in [9.17, 15) is 4.39 Å². The molecule has 5 nitrogen and oxygen atoms in total. The monoisotopic (exact) mass is 353 g/mol. The maximum absolute atomic E-state index is 13.2. The molecule has 2 aliphatic heterocycles. The summed E-state index contributed by atoms with van der Waals surface area (Å²) < 4.78 is 13.2. The van der Waals surface area contributed by atoms with Crippen molar-refractivity contribution < 1.29 is 4.39 Å². The molecule has 1 saturated heterocycles. The predicted molar refractivity (Wildman–Crippen MR) is 102 cm³/mol. The van der Waals surface area contributed by atoms with E-state index < -0.39 is 0 Å². The summed E-state index contributed by atoms with van der Waals surface area (Å²) in [4.78, 5) is 0. The molecule has 0 bridgehead atoms. The summed E-state index contributed by atoms with van der Waals surface area (Å²) in [5.41, 5.74) is 3.96. The lowest BCUT2D eigenvalue weighted by molar-refractivity contribution is 0.400. The van der Waals surface area contributed by atoms with Crippen LogP contribution in [0.25, 0.3) is 16.8 Å². The van der Waals surface area contributed by atoms with Crippen molar-refractivity contribution in [2.75, 3.05) is 13.1 Å². The van der Waals surface area contributed by atoms with Crippen LogP contribution in [0, 0.1) is 5.82 Å². The van der Waals surface area contributed by atoms with Gasteiger partial charge in [-0.15, -0.1) is 0 Å². The van der Waals surface area contributed by atoms with Gasteiger partial charge in [0.05, 0.1) is 17.7 Å². The number of halogens is 1. The molecule has 0 aliphatic carbocycles. The highest BCUT2D eigenvalue weighted by Crippen LogP contribution is 2.30. The standard InChI is InChI=1S/C20H24FN5/c1-13-10-15(11-19(24-13)25-17-6-8-22-9-7-17)18-12-23-26-20(18)14-2-4-16(21)5-3-14/h2-5,10-13,17,22,24-25H,6-9H2,1H3,(H,23,26). The van der Waals surface area contributed by atoms with Gasteiger partial charge in [-0.2, -0.15) is 5.10 Å². The van der Waals surface area contributed by atoms with Crippen LogP contribution in [0.1, 0.15) is 25.3 Å². The Morgan fingerprint density at radius 3 is 2.69 bits per heavy atom. The second-order valence-electron chi connectivity index (χ2n) is 6.95. The molecule has 1 fully saturated rings. The van der Waals surface area contributed by atoms with Crippen LogP contribution in [0.3, 0.4) is 0 Å². The molecule has 6 heteroatoms. The molecular weight excluding hydrogens is 329 g/mol. The maximum Gasteiger partial charge on any atom is 0.123 e. The Morgan fingerprint density at radius 1 is 1.15 bits per heavy atom. The molecule has 2 aromatic rings. The first kappa shape index (κ1) is 16.8. The normalized spacial score (nSPS) is 20.9. The van der Waals surface area contributed by atoms with E-state index in [2.05, 4.69) is 45.2 Å². The molecular formula is C20H24FN5. The quantitative estimate of drug-likeness (QED) is 0.683. The van der Waals surface area contributed by atoms with E-state index in [1.54, 1.807) is 12.1 Å². The third kappa shape index (κ3) is 3.65. The van der Waals surface area contributed by atoms with Gasteiger partial charge in [0, 0.05) is 23.2 Å². The molecule has 1 aromatic carbocycles. The Bertz CT molecular complexity index is 815. The van der Waals surface area contributed by atoms with E-state index >= 15 is 0 Å². The molecule has 0 radical (unpaired) electrons. The Morgan fingerprint density at radius 2 is 1.92 bits per heavy atom. The molecule has 1 aromatic heterocycles. The van der Waals surface area contributed by atoms with Gasteiger partial charge in [-0.3, -0.25) is 5.10 Å². The molecule has 136 valence electrons. The van der Waals surface area contributed by atoms with Crippen LogP contribution in [0.2, 0.25) is 0 Å². The fraction of sp³-hybridized carbons (Fsp3) is 0.350. The first-order valence-electron chi connectivity index (χ1n) is 9.16. The first-order valence-corrected chi connectivity index (χ1v) is 9.16. The molecule has 2 aliphatic rings. The molecule has 26 heavy (non-hydrogen) atoms. The number of aromatic nitrogens is 2. The lowest BCUT2D eigenvalue weighted by Crippen LogP contribution is -2.44. The van der Waals surface area contributed by atoms with Crippen molar-refractivity contribution in [2.24, 2.45) is 0 Å². The van der Waals surface area contributed by atoms with Crippen molar-refractivity contribution in [3.05, 3.63) is 59.8 Å². The van der Waals surface area contributed by atoms with Crippen LogP contribution in [-0.4, -0.2) is 35.4 Å². The van der Waals surface area contributed by atoms with Gasteiger partial charge in [0.15, 0.2) is 0 Å². The Balaban J connectivity index is 1.60. The second-order valence-corrected chi connectivity index (χ2v) is 6.95. The first-order chi connectivity index (χ1) is 12.7. The average molecular weight is 353 g/mol. The third-order valence-electron chi connectivity index (χ3n) is 4.89. The van der Waals surface area contributed by atoms with Crippen molar-refractivity contribution in [2.45, 2.75) is 31.8 Å². The summed E-state index contributed by atoms with van der Waals surface area (Å²) in [5, 5.41) is 17.8. The second kappa shape index (κ2) is 7.33. The fourth-order valence-electron chi connectivity index (χ4n) is 3.58. The molecule has 0 spiro atoms. The zero-order valence-corrected chi connectivity index (χ0v) is 14.8. The summed E-state index contributed by atoms with van der Waals surface area (Å²) in [6.07, 6.45) is 8.41. The summed E-state index contributed by atoms with van der Waals surface area (Å²) in [5.74, 6) is 0.811. The largest absolute Gasteiger partial charge is 0.369 e. The summed E-state index contributed by atoms with van der Waals surface area (Å²) >= 11 is 0. The fourth-order valence-corrected chi connectivity index (χ4v) is 3.58. The molecule has 0 amide bonds. The van der Waals surface area contributed by atoms with Gasteiger partial charge in [-0.25, -0.2) is 4.39 Å². The topological polar surface area (TPSA) is 64.8 Å². The van der Waals surface area contributed by atoms with Gasteiger partial charge in [0.1, 0.15) is 5.82 Å². The van der Waals surface area contributed by atoms with E-state index in [1.807, 2.05) is 6.20 Å². The number of hydrogen-bond acceptors (Lipinski definition) is 4. The van der Waals surface area contributed by atoms with Gasteiger partial charge < -0.3 is 16.0 Å². The number of dihydropyridines is 1. The number of nitrogens with one attached hydrogen (secondary N) is 4. The number of piperidine rings is 1. The van der Waals surface area contributed by atoms with Gasteiger partial charge in [0.2, 0.25) is 0 Å². The Labute approximate surface area is 152 Å². The van der Waals surface area contributed by atoms with Crippen LogP contribution in [0.5, 0.6) is 0 Å². The van der Waals surface area contributed by atoms with Crippen LogP contribution in [0.4, 0.5) is 4.39 Å². The van der Waals surface area contributed by atoms with Gasteiger partial charge >= 0.3 is 0 Å². The van der Waals surface area contributed by atoms with Crippen LogP contribution >= 0.6 is 0 Å². The van der Waals surface area contributed by atoms with Crippen LogP contribution in [-0.2, 0) is 0 Å². The minimum Gasteiger partial charge on any atom is -0.369 e. The summed E-state index contributed by atoms with van der Waals surface area (Å²) in [6.45, 7) is 4.24. The number of hydrogen-bond donors (Lipinski definition) is 4. The SMILES string of the molecule is CC1C=C(c2cn[nH]c2-c2ccc(F)cc2)C=C(NC2CCNCC2)N1. The van der Waals surface area contributed by atoms with E-state index in [1.165, 1.54) is 12.1 Å². The number of benzene rings is 1. The van der Waals surface area contributed by atoms with Crippen molar-refractivity contribution in [3.8, 4) is 11.3 Å². The average Bonchev–Trinajstić information content (AvgIpc) is 3.12. The zero-order chi connectivity index (χ0) is 17.9. The highest BCUT2D eigenvalue weighted by atomic mass is 19.1. The number of nitrogens with zero attached hydrogens (tertiary/aromatic N) is 1. The molecule has 3 heterocycles. The third-order valence-corrected chi connectivity index (χ3v) is 4.89. The Hall–Kier alpha value is -2.60. The minimum atomic E-state index is -0.238. The maximum atomic E-state index is 13.2. The Kier molecular flexibility index (Phi) is 4.75. The van der Waals surface area contributed by atoms with Crippen molar-refractivity contribution in [1.82, 2.24) is 26.1 Å². The number of H-pyrrole nitrogens is 1. The van der Waals surface area contributed by atoms with Gasteiger partial charge in [0.25, 0.3) is 0 Å². The lowest BCUT2D eigenvalue weighted by atomic mass is 9.97. The van der Waals surface area contributed by atoms with Crippen LogP contribution in [0.15, 0.2) is 48.4 Å². The predicted octanol–water partition coefficient (Wildman–Crippen LogP) is 2.77. The molecule has 4 N–H and O–H groups in total. The molecule has 0 saturated carbocycles. The van der Waals surface area contributed by atoms with Crippen molar-refractivity contribution >= 4 is 5.57 Å². The summed E-state index contributed by atoms with van der Waals surface area (Å²) in [7, 11) is 0. The van der Waals surface area contributed by atoms with Crippen molar-refractivity contribution in [3.63, 3.8) is 0 Å². The number of aromatic amines is 1. The molecule has 4 rings (SSSR count). The van der Waals surface area contributed by atoms with E-state index in [0.717, 1.165) is 54.1 Å². The highest BCUT2D eigenvalue weighted by Gasteiger charge is 2.19. The molecule has 1 atom stereocenters. The summed E-state index contributed by atoms with van der Waals surface area (Å²) in [6, 6.07) is 7.20. The minimum absolute atomic E-state index is 0.218. The molecule has 1 unspecified atom stereocenters.